The summed E-state index contributed by atoms with van der Waals surface area (Å²) in [4.78, 5) is 17.8. The number of nitrogens with two attached hydrogens (primary N) is 1. The second-order valence-electron chi connectivity index (χ2n) is 4.76. The van der Waals surface area contributed by atoms with E-state index in [9.17, 15) is 4.79 Å². The fourth-order valence-electron chi connectivity index (χ4n) is 2.47. The number of nitrogens with zero attached hydrogens (tertiary/aromatic N) is 2. The molecule has 1 saturated heterocycles. The summed E-state index contributed by atoms with van der Waals surface area (Å²) >= 11 is 0. The summed E-state index contributed by atoms with van der Waals surface area (Å²) in [6.07, 6.45) is 4.49. The zero-order valence-electron chi connectivity index (χ0n) is 10.7. The van der Waals surface area contributed by atoms with Gasteiger partial charge in [0.1, 0.15) is 0 Å². The molecule has 0 aromatic carbocycles. The third kappa shape index (κ3) is 3.05. The summed E-state index contributed by atoms with van der Waals surface area (Å²) in [7, 11) is 0. The highest BCUT2D eigenvalue weighted by Crippen LogP contribution is 2.23. The first-order chi connectivity index (χ1) is 8.68. The molecule has 2 rings (SSSR count). The number of hydrogen-bond acceptors (Lipinski definition) is 4. The van der Waals surface area contributed by atoms with E-state index in [-0.39, 0.29) is 18.0 Å². The van der Waals surface area contributed by atoms with Crippen LogP contribution in [0.25, 0.3) is 0 Å². The third-order valence-electron chi connectivity index (χ3n) is 3.23. The average Bonchev–Trinajstić information content (AvgIpc) is 2.55. The Morgan fingerprint density at radius 3 is 2.83 bits per heavy atom. The van der Waals surface area contributed by atoms with Crippen molar-refractivity contribution in [3.63, 3.8) is 0 Å². The summed E-state index contributed by atoms with van der Waals surface area (Å²) < 4.78 is 0. The van der Waals surface area contributed by atoms with Crippen LogP contribution in [0.3, 0.4) is 0 Å². The van der Waals surface area contributed by atoms with Crippen molar-refractivity contribution < 1.29 is 4.79 Å². The Morgan fingerprint density at radius 2 is 2.17 bits per heavy atom. The Kier molecular flexibility index (Phi) is 4.28. The summed E-state index contributed by atoms with van der Waals surface area (Å²) in [6.45, 7) is 4.02. The second-order valence-corrected chi connectivity index (χ2v) is 4.76. The Bertz CT molecular complexity index is 393. The fourth-order valence-corrected chi connectivity index (χ4v) is 2.47. The lowest BCUT2D eigenvalue weighted by atomic mass is 10.00. The molecule has 3 N–H and O–H groups in total. The average molecular weight is 248 g/mol. The fraction of sp³-hybridized carbons (Fsp3) is 0.538. The number of rotatable bonds is 3. The summed E-state index contributed by atoms with van der Waals surface area (Å²) in [6, 6.07) is 3.98. The van der Waals surface area contributed by atoms with Crippen LogP contribution in [0.15, 0.2) is 24.5 Å². The zero-order valence-corrected chi connectivity index (χ0v) is 10.7. The first kappa shape index (κ1) is 13.0. The van der Waals surface area contributed by atoms with Gasteiger partial charge in [-0.15, -0.1) is 0 Å². The number of pyridine rings is 1. The monoisotopic (exact) mass is 248 g/mol. The van der Waals surface area contributed by atoms with E-state index in [1.807, 2.05) is 19.1 Å². The molecule has 0 radical (unpaired) electrons. The lowest BCUT2D eigenvalue weighted by Crippen LogP contribution is -2.42. The van der Waals surface area contributed by atoms with Gasteiger partial charge in [-0.3, -0.25) is 14.7 Å². The Balaban J connectivity index is 2.21. The minimum Gasteiger partial charge on any atom is -0.355 e. The second kappa shape index (κ2) is 5.93. The number of aromatic nitrogens is 1. The van der Waals surface area contributed by atoms with E-state index < -0.39 is 0 Å². The van der Waals surface area contributed by atoms with Crippen LogP contribution in [0.4, 0.5) is 0 Å². The highest BCUT2D eigenvalue weighted by Gasteiger charge is 2.26. The highest BCUT2D eigenvalue weighted by molar-refractivity contribution is 5.78. The molecular formula is C13H20N4O. The molecule has 1 amide bonds. The molecular weight excluding hydrogens is 228 g/mol. The van der Waals surface area contributed by atoms with Crippen LogP contribution in [0, 0.1) is 0 Å². The molecule has 1 aliphatic rings. The van der Waals surface area contributed by atoms with E-state index >= 15 is 0 Å². The quantitative estimate of drug-likeness (QED) is 0.806. The smallest absolute Gasteiger partial charge is 0.234 e. The van der Waals surface area contributed by atoms with Crippen molar-refractivity contribution in [1.29, 1.82) is 0 Å². The van der Waals surface area contributed by atoms with Crippen molar-refractivity contribution in [2.45, 2.75) is 25.4 Å². The maximum Gasteiger partial charge on any atom is 0.234 e. The standard InChI is InChI=1S/C13H20N4O/c1-10(14)13(11-3-6-15-7-4-11)17-8-2-5-16-12(18)9-17/h3-4,6-7,10,13H,2,5,8-9,14H2,1H3,(H,16,18). The van der Waals surface area contributed by atoms with Crippen LogP contribution >= 0.6 is 0 Å². The molecule has 0 aliphatic carbocycles. The van der Waals surface area contributed by atoms with Gasteiger partial charge in [-0.2, -0.15) is 0 Å². The molecule has 0 bridgehead atoms. The number of carbonyl (C=O) groups excluding carboxylic acids is 1. The van der Waals surface area contributed by atoms with Crippen LogP contribution in [0.2, 0.25) is 0 Å². The number of amides is 1. The predicted octanol–water partition coefficient (Wildman–Crippen LogP) is 0.292. The van der Waals surface area contributed by atoms with Crippen LogP contribution < -0.4 is 11.1 Å². The molecule has 2 atom stereocenters. The van der Waals surface area contributed by atoms with E-state index in [2.05, 4.69) is 15.2 Å². The van der Waals surface area contributed by atoms with Crippen molar-refractivity contribution in [2.75, 3.05) is 19.6 Å². The van der Waals surface area contributed by atoms with Gasteiger partial charge >= 0.3 is 0 Å². The number of hydrogen-bond donors (Lipinski definition) is 2. The van der Waals surface area contributed by atoms with Crippen molar-refractivity contribution in [1.82, 2.24) is 15.2 Å². The van der Waals surface area contributed by atoms with Gasteiger partial charge in [-0.1, -0.05) is 0 Å². The Morgan fingerprint density at radius 1 is 1.44 bits per heavy atom. The summed E-state index contributed by atoms with van der Waals surface area (Å²) in [5.41, 5.74) is 7.22. The maximum atomic E-state index is 11.6. The minimum atomic E-state index is -0.0294. The lowest BCUT2D eigenvalue weighted by Gasteiger charge is -2.32. The van der Waals surface area contributed by atoms with E-state index in [1.54, 1.807) is 12.4 Å². The van der Waals surface area contributed by atoms with Gasteiger partial charge in [-0.05, 0) is 31.0 Å². The van der Waals surface area contributed by atoms with E-state index in [0.717, 1.165) is 25.1 Å². The molecule has 18 heavy (non-hydrogen) atoms. The third-order valence-corrected chi connectivity index (χ3v) is 3.23. The molecule has 2 heterocycles. The van der Waals surface area contributed by atoms with E-state index in [4.69, 9.17) is 5.73 Å². The van der Waals surface area contributed by atoms with Crippen LogP contribution in [-0.4, -0.2) is 41.5 Å². The Hall–Kier alpha value is -1.46. The molecule has 1 aromatic heterocycles. The first-order valence-electron chi connectivity index (χ1n) is 6.34. The molecule has 98 valence electrons. The first-order valence-corrected chi connectivity index (χ1v) is 6.34. The van der Waals surface area contributed by atoms with Crippen LogP contribution in [0.1, 0.15) is 24.9 Å². The maximum absolute atomic E-state index is 11.6. The molecule has 1 aromatic rings. The van der Waals surface area contributed by atoms with Crippen molar-refractivity contribution in [2.24, 2.45) is 5.73 Å². The van der Waals surface area contributed by atoms with Crippen LogP contribution in [-0.2, 0) is 4.79 Å². The molecule has 2 unspecified atom stereocenters. The van der Waals surface area contributed by atoms with Crippen molar-refractivity contribution >= 4 is 5.91 Å². The topological polar surface area (TPSA) is 71.2 Å². The molecule has 1 fully saturated rings. The number of carbonyl (C=O) groups is 1. The molecule has 5 heteroatoms. The predicted molar refractivity (Wildman–Crippen MR) is 69.8 cm³/mol. The lowest BCUT2D eigenvalue weighted by molar-refractivity contribution is -0.122. The largest absolute Gasteiger partial charge is 0.355 e. The summed E-state index contributed by atoms with van der Waals surface area (Å²) in [5.74, 6) is 0.0761. The van der Waals surface area contributed by atoms with Gasteiger partial charge in [0.25, 0.3) is 0 Å². The minimum absolute atomic E-state index is 0.0294. The highest BCUT2D eigenvalue weighted by atomic mass is 16.2. The van der Waals surface area contributed by atoms with Gasteiger partial charge in [0.05, 0.1) is 12.6 Å². The zero-order chi connectivity index (χ0) is 13.0. The molecule has 0 saturated carbocycles. The van der Waals surface area contributed by atoms with E-state index in [0.29, 0.717) is 6.54 Å². The summed E-state index contributed by atoms with van der Waals surface area (Å²) in [5, 5.41) is 2.89. The molecule has 1 aliphatic heterocycles. The molecule has 0 spiro atoms. The van der Waals surface area contributed by atoms with Gasteiger partial charge in [0, 0.05) is 31.5 Å². The van der Waals surface area contributed by atoms with Crippen molar-refractivity contribution in [3.05, 3.63) is 30.1 Å². The van der Waals surface area contributed by atoms with E-state index in [1.165, 1.54) is 0 Å². The Labute approximate surface area is 107 Å². The van der Waals surface area contributed by atoms with Gasteiger partial charge in [0.2, 0.25) is 5.91 Å². The van der Waals surface area contributed by atoms with Crippen molar-refractivity contribution in [3.8, 4) is 0 Å². The molecule has 5 nitrogen and oxygen atoms in total. The van der Waals surface area contributed by atoms with Gasteiger partial charge in [0.15, 0.2) is 0 Å². The number of nitrogens with one attached hydrogen (secondary N) is 1. The van der Waals surface area contributed by atoms with Crippen LogP contribution in [0.5, 0.6) is 0 Å². The normalized spacial score (nSPS) is 20.9. The SMILES string of the molecule is CC(N)C(c1ccncc1)N1CCCNC(=O)C1. The van der Waals surface area contributed by atoms with Gasteiger partial charge in [-0.25, -0.2) is 0 Å². The van der Waals surface area contributed by atoms with Gasteiger partial charge < -0.3 is 11.1 Å².